The Bertz CT molecular complexity index is 550. The molecule has 3 nitrogen and oxygen atoms in total. The van der Waals surface area contributed by atoms with E-state index in [4.69, 9.17) is 5.11 Å². The Morgan fingerprint density at radius 2 is 1.81 bits per heavy atom. The Morgan fingerprint density at radius 1 is 1.05 bits per heavy atom. The van der Waals surface area contributed by atoms with Crippen LogP contribution in [0.15, 0.2) is 60.8 Å². The zero-order valence-corrected chi connectivity index (χ0v) is 11.9. The van der Waals surface area contributed by atoms with E-state index in [-0.39, 0.29) is 6.42 Å². The van der Waals surface area contributed by atoms with Crippen LogP contribution in [0.3, 0.4) is 0 Å². The van der Waals surface area contributed by atoms with E-state index in [1.807, 2.05) is 36.4 Å². The van der Waals surface area contributed by atoms with Gasteiger partial charge in [-0.05, 0) is 37.0 Å². The molecule has 0 radical (unpaired) electrons. The molecule has 0 amide bonds. The predicted molar refractivity (Wildman–Crippen MR) is 83.9 cm³/mol. The molecule has 0 unspecified atom stereocenters. The van der Waals surface area contributed by atoms with Gasteiger partial charge in [0.2, 0.25) is 0 Å². The largest absolute Gasteiger partial charge is 0.481 e. The topological polar surface area (TPSA) is 50.2 Å². The van der Waals surface area contributed by atoms with Crippen LogP contribution in [0.2, 0.25) is 0 Å². The van der Waals surface area contributed by atoms with Gasteiger partial charge in [0.15, 0.2) is 0 Å². The van der Waals surface area contributed by atoms with Crippen LogP contribution in [0.1, 0.15) is 36.9 Å². The number of benzene rings is 1. The summed E-state index contributed by atoms with van der Waals surface area (Å²) < 4.78 is 0. The standard InChI is InChI=1S/C18H19NO2/c20-18(21)13-6-2-5-11-16(15-9-3-1-4-10-15)17-12-7-8-14-19-17/h1,3-4,7-12,14H,2,5-6,13H2,(H,20,21)/b16-11+. The lowest BCUT2D eigenvalue weighted by Gasteiger charge is -2.07. The lowest BCUT2D eigenvalue weighted by molar-refractivity contribution is -0.137. The molecule has 1 aromatic heterocycles. The number of hydrogen-bond acceptors (Lipinski definition) is 2. The van der Waals surface area contributed by atoms with Crippen LogP contribution >= 0.6 is 0 Å². The number of rotatable bonds is 7. The van der Waals surface area contributed by atoms with E-state index in [0.29, 0.717) is 6.42 Å². The number of unbranched alkanes of at least 4 members (excludes halogenated alkanes) is 2. The number of nitrogens with zero attached hydrogens (tertiary/aromatic N) is 1. The number of carbonyl (C=O) groups is 1. The molecule has 1 aromatic carbocycles. The number of hydrogen-bond donors (Lipinski definition) is 1. The van der Waals surface area contributed by atoms with Crippen LogP contribution in [-0.4, -0.2) is 16.1 Å². The van der Waals surface area contributed by atoms with Crippen molar-refractivity contribution in [3.63, 3.8) is 0 Å². The SMILES string of the molecule is O=C(O)CCCC/C=C(\c1ccccc1)c1ccccn1. The average Bonchev–Trinajstić information content (AvgIpc) is 2.52. The Kier molecular flexibility index (Phi) is 5.71. The minimum absolute atomic E-state index is 0.234. The monoisotopic (exact) mass is 281 g/mol. The molecule has 0 saturated carbocycles. The molecular formula is C18H19NO2. The summed E-state index contributed by atoms with van der Waals surface area (Å²) in [7, 11) is 0. The molecule has 21 heavy (non-hydrogen) atoms. The highest BCUT2D eigenvalue weighted by Gasteiger charge is 2.05. The van der Waals surface area contributed by atoms with Crippen LogP contribution in [0.25, 0.3) is 5.57 Å². The maximum absolute atomic E-state index is 10.5. The van der Waals surface area contributed by atoms with Crippen LogP contribution < -0.4 is 0 Å². The molecule has 0 spiro atoms. The molecule has 2 aromatic rings. The number of carboxylic acid groups (broad SMARTS) is 1. The smallest absolute Gasteiger partial charge is 0.303 e. The minimum Gasteiger partial charge on any atom is -0.481 e. The molecule has 0 bridgehead atoms. The quantitative estimate of drug-likeness (QED) is 0.775. The van der Waals surface area contributed by atoms with Crippen LogP contribution in [0.4, 0.5) is 0 Å². The molecule has 0 aliphatic heterocycles. The number of carboxylic acids is 1. The second-order valence-corrected chi connectivity index (χ2v) is 4.84. The Balaban J connectivity index is 2.11. The van der Waals surface area contributed by atoms with Gasteiger partial charge in [0.1, 0.15) is 0 Å². The third-order valence-corrected chi connectivity index (χ3v) is 3.22. The fourth-order valence-electron chi connectivity index (χ4n) is 2.18. The molecule has 0 atom stereocenters. The summed E-state index contributed by atoms with van der Waals surface area (Å²) in [5.41, 5.74) is 3.18. The molecule has 0 fully saturated rings. The Hall–Kier alpha value is -2.42. The molecule has 0 saturated heterocycles. The van der Waals surface area contributed by atoms with E-state index < -0.39 is 5.97 Å². The van der Waals surface area contributed by atoms with E-state index in [0.717, 1.165) is 29.7 Å². The lowest BCUT2D eigenvalue weighted by atomic mass is 10.00. The van der Waals surface area contributed by atoms with E-state index in [1.54, 1.807) is 6.20 Å². The highest BCUT2D eigenvalue weighted by Crippen LogP contribution is 2.22. The van der Waals surface area contributed by atoms with Crippen LogP contribution in [0.5, 0.6) is 0 Å². The first-order chi connectivity index (χ1) is 10.3. The summed E-state index contributed by atoms with van der Waals surface area (Å²) in [6.07, 6.45) is 6.60. The van der Waals surface area contributed by atoms with Crippen LogP contribution in [-0.2, 0) is 4.79 Å². The first kappa shape index (κ1) is 15.0. The number of pyridine rings is 1. The van der Waals surface area contributed by atoms with E-state index >= 15 is 0 Å². The summed E-state index contributed by atoms with van der Waals surface area (Å²) in [5, 5.41) is 8.65. The van der Waals surface area contributed by atoms with Crippen molar-refractivity contribution in [2.75, 3.05) is 0 Å². The van der Waals surface area contributed by atoms with E-state index in [2.05, 4.69) is 23.2 Å². The highest BCUT2D eigenvalue weighted by molar-refractivity contribution is 5.77. The fraction of sp³-hybridized carbons (Fsp3) is 0.222. The van der Waals surface area contributed by atoms with Crippen LogP contribution in [0, 0.1) is 0 Å². The second-order valence-electron chi connectivity index (χ2n) is 4.84. The van der Waals surface area contributed by atoms with Gasteiger partial charge in [-0.25, -0.2) is 0 Å². The molecule has 1 N–H and O–H groups in total. The van der Waals surface area contributed by atoms with Gasteiger partial charge < -0.3 is 5.11 Å². The third kappa shape index (κ3) is 4.88. The van der Waals surface area contributed by atoms with Gasteiger partial charge in [0, 0.05) is 18.2 Å². The maximum Gasteiger partial charge on any atom is 0.303 e. The summed E-state index contributed by atoms with van der Waals surface area (Å²) in [4.78, 5) is 14.9. The van der Waals surface area contributed by atoms with Crippen molar-refractivity contribution in [3.8, 4) is 0 Å². The van der Waals surface area contributed by atoms with Crippen molar-refractivity contribution in [2.45, 2.75) is 25.7 Å². The average molecular weight is 281 g/mol. The highest BCUT2D eigenvalue weighted by atomic mass is 16.4. The third-order valence-electron chi connectivity index (χ3n) is 3.22. The van der Waals surface area contributed by atoms with Crippen molar-refractivity contribution in [2.24, 2.45) is 0 Å². The number of aliphatic carboxylic acids is 1. The normalized spacial score (nSPS) is 11.3. The van der Waals surface area contributed by atoms with E-state index in [1.165, 1.54) is 0 Å². The van der Waals surface area contributed by atoms with Gasteiger partial charge in [-0.3, -0.25) is 9.78 Å². The van der Waals surface area contributed by atoms with Crippen molar-refractivity contribution < 1.29 is 9.90 Å². The van der Waals surface area contributed by atoms with Crippen molar-refractivity contribution in [3.05, 3.63) is 72.1 Å². The van der Waals surface area contributed by atoms with Gasteiger partial charge in [-0.2, -0.15) is 0 Å². The van der Waals surface area contributed by atoms with Crippen molar-refractivity contribution in [1.82, 2.24) is 4.98 Å². The summed E-state index contributed by atoms with van der Waals surface area (Å²) >= 11 is 0. The molecule has 1 heterocycles. The Labute approximate surface area is 125 Å². The van der Waals surface area contributed by atoms with E-state index in [9.17, 15) is 4.79 Å². The van der Waals surface area contributed by atoms with Crippen molar-refractivity contribution >= 4 is 11.5 Å². The summed E-state index contributed by atoms with van der Waals surface area (Å²) in [5.74, 6) is -0.730. The molecule has 108 valence electrons. The predicted octanol–water partition coefficient (Wildman–Crippen LogP) is 4.16. The number of allylic oxidation sites excluding steroid dienone is 1. The van der Waals surface area contributed by atoms with Gasteiger partial charge in [-0.15, -0.1) is 0 Å². The second kappa shape index (κ2) is 8.00. The first-order valence-corrected chi connectivity index (χ1v) is 7.16. The van der Waals surface area contributed by atoms with Crippen molar-refractivity contribution in [1.29, 1.82) is 0 Å². The summed E-state index contributed by atoms with van der Waals surface area (Å²) in [6.45, 7) is 0. The van der Waals surface area contributed by atoms with Gasteiger partial charge in [0.05, 0.1) is 5.69 Å². The fourth-order valence-corrected chi connectivity index (χ4v) is 2.18. The molecule has 2 rings (SSSR count). The van der Waals surface area contributed by atoms with Gasteiger partial charge in [0.25, 0.3) is 0 Å². The molecule has 0 aliphatic rings. The first-order valence-electron chi connectivity index (χ1n) is 7.16. The summed E-state index contributed by atoms with van der Waals surface area (Å²) in [6, 6.07) is 16.0. The molecule has 0 aliphatic carbocycles. The zero-order valence-electron chi connectivity index (χ0n) is 11.9. The zero-order chi connectivity index (χ0) is 14.9. The van der Waals surface area contributed by atoms with Gasteiger partial charge in [-0.1, -0.05) is 42.5 Å². The minimum atomic E-state index is -0.730. The molecular weight excluding hydrogens is 262 g/mol. The molecule has 3 heteroatoms. The lowest BCUT2D eigenvalue weighted by Crippen LogP contribution is -1.94. The number of aromatic nitrogens is 1. The van der Waals surface area contributed by atoms with Gasteiger partial charge >= 0.3 is 5.97 Å². The Morgan fingerprint density at radius 3 is 2.48 bits per heavy atom. The maximum atomic E-state index is 10.5.